The molecular formula is C20H31N2O+. The number of hydrogen-bond donors (Lipinski definition) is 1. The molecule has 0 spiro atoms. The molecule has 126 valence electrons. The van der Waals surface area contributed by atoms with Crippen molar-refractivity contribution in [3.63, 3.8) is 0 Å². The third-order valence-corrected chi connectivity index (χ3v) is 5.65. The topological polar surface area (TPSA) is 24.8 Å². The molecule has 1 amide bonds. The molecule has 3 nitrogen and oxygen atoms in total. The Bertz CT molecular complexity index is 498. The molecule has 2 heterocycles. The van der Waals surface area contributed by atoms with Gasteiger partial charge >= 0.3 is 0 Å². The number of amides is 1. The number of hydrogen-bond acceptors (Lipinski definition) is 1. The van der Waals surface area contributed by atoms with E-state index >= 15 is 0 Å². The molecule has 0 unspecified atom stereocenters. The molecular weight excluding hydrogens is 284 g/mol. The maximum Gasteiger partial charge on any atom is 0.226 e. The van der Waals surface area contributed by atoms with Crippen LogP contribution in [0.5, 0.6) is 0 Å². The lowest BCUT2D eigenvalue weighted by Crippen LogP contribution is -3.18. The lowest BCUT2D eigenvalue weighted by atomic mass is 9.89. The summed E-state index contributed by atoms with van der Waals surface area (Å²) in [7, 11) is 0. The number of piperidine rings is 2. The van der Waals surface area contributed by atoms with Gasteiger partial charge in [0.15, 0.2) is 0 Å². The van der Waals surface area contributed by atoms with Gasteiger partial charge in [0.1, 0.15) is 0 Å². The molecule has 23 heavy (non-hydrogen) atoms. The van der Waals surface area contributed by atoms with Crippen LogP contribution in [0.2, 0.25) is 0 Å². The van der Waals surface area contributed by atoms with E-state index in [1.807, 2.05) is 30.3 Å². The quantitative estimate of drug-likeness (QED) is 0.903. The van der Waals surface area contributed by atoms with Gasteiger partial charge in [0, 0.05) is 37.8 Å². The highest BCUT2D eigenvalue weighted by Crippen LogP contribution is 2.16. The summed E-state index contributed by atoms with van der Waals surface area (Å²) in [6.07, 6.45) is 4.29. The fraction of sp³-hybridized carbons (Fsp3) is 0.650. The number of quaternary nitrogens is 1. The summed E-state index contributed by atoms with van der Waals surface area (Å²) in [6, 6.07) is 10.9. The summed E-state index contributed by atoms with van der Waals surface area (Å²) in [5, 5.41) is 0. The minimum Gasteiger partial charge on any atom is -0.342 e. The molecule has 0 aliphatic carbocycles. The lowest BCUT2D eigenvalue weighted by Gasteiger charge is -2.41. The number of carbonyl (C=O) groups is 1. The highest BCUT2D eigenvalue weighted by molar-refractivity contribution is 5.78. The summed E-state index contributed by atoms with van der Waals surface area (Å²) in [5.74, 6) is 2.00. The summed E-state index contributed by atoms with van der Waals surface area (Å²) in [4.78, 5) is 16.4. The van der Waals surface area contributed by atoms with Crippen molar-refractivity contribution < 1.29 is 9.69 Å². The highest BCUT2D eigenvalue weighted by Gasteiger charge is 2.34. The first-order valence-electron chi connectivity index (χ1n) is 9.28. The number of nitrogens with one attached hydrogen (secondary N) is 1. The SMILES string of the molecule is C[C@@H]1C[C@@H](C)C[NH+](C2CCN(C(=O)Cc3ccccc3)CC2)C1. The molecule has 3 rings (SSSR count). The van der Waals surface area contributed by atoms with Gasteiger partial charge < -0.3 is 9.80 Å². The zero-order valence-corrected chi connectivity index (χ0v) is 14.6. The van der Waals surface area contributed by atoms with Crippen LogP contribution in [0, 0.1) is 11.8 Å². The third kappa shape index (κ3) is 4.35. The molecule has 1 aromatic carbocycles. The van der Waals surface area contributed by atoms with E-state index in [4.69, 9.17) is 0 Å². The van der Waals surface area contributed by atoms with Crippen LogP contribution in [0.25, 0.3) is 0 Å². The smallest absolute Gasteiger partial charge is 0.226 e. The van der Waals surface area contributed by atoms with Crippen LogP contribution < -0.4 is 4.90 Å². The monoisotopic (exact) mass is 315 g/mol. The Kier molecular flexibility index (Phi) is 5.37. The van der Waals surface area contributed by atoms with Crippen molar-refractivity contribution in [1.29, 1.82) is 0 Å². The molecule has 0 saturated carbocycles. The van der Waals surface area contributed by atoms with E-state index in [0.29, 0.717) is 12.3 Å². The predicted octanol–water partition coefficient (Wildman–Crippen LogP) is 1.78. The summed E-state index contributed by atoms with van der Waals surface area (Å²) < 4.78 is 0. The zero-order chi connectivity index (χ0) is 16.2. The molecule has 2 saturated heterocycles. The van der Waals surface area contributed by atoms with Crippen LogP contribution in [0.15, 0.2) is 30.3 Å². The molecule has 2 aliphatic heterocycles. The maximum atomic E-state index is 12.5. The van der Waals surface area contributed by atoms with Gasteiger partial charge in [-0.25, -0.2) is 0 Å². The second-order valence-electron chi connectivity index (χ2n) is 7.83. The average molecular weight is 315 g/mol. The van der Waals surface area contributed by atoms with Crippen LogP contribution in [-0.4, -0.2) is 43.0 Å². The van der Waals surface area contributed by atoms with Crippen molar-refractivity contribution in [2.75, 3.05) is 26.2 Å². The second kappa shape index (κ2) is 7.48. The first-order valence-corrected chi connectivity index (χ1v) is 9.28. The average Bonchev–Trinajstić information content (AvgIpc) is 2.55. The van der Waals surface area contributed by atoms with E-state index in [0.717, 1.165) is 36.5 Å². The predicted molar refractivity (Wildman–Crippen MR) is 93.4 cm³/mol. The Morgan fingerprint density at radius 2 is 1.70 bits per heavy atom. The Labute approximate surface area is 140 Å². The maximum absolute atomic E-state index is 12.5. The number of likely N-dealkylation sites (tertiary alicyclic amines) is 2. The van der Waals surface area contributed by atoms with Crippen LogP contribution in [0.4, 0.5) is 0 Å². The van der Waals surface area contributed by atoms with Crippen molar-refractivity contribution in [1.82, 2.24) is 4.90 Å². The highest BCUT2D eigenvalue weighted by atomic mass is 16.2. The van der Waals surface area contributed by atoms with Crippen LogP contribution in [-0.2, 0) is 11.2 Å². The molecule has 0 aromatic heterocycles. The Hall–Kier alpha value is -1.35. The Balaban J connectivity index is 1.49. The van der Waals surface area contributed by atoms with Crippen molar-refractivity contribution >= 4 is 5.91 Å². The number of benzene rings is 1. The molecule has 1 aromatic rings. The molecule has 0 radical (unpaired) electrons. The third-order valence-electron chi connectivity index (χ3n) is 5.65. The van der Waals surface area contributed by atoms with Crippen molar-refractivity contribution in [2.24, 2.45) is 11.8 Å². The van der Waals surface area contributed by atoms with Gasteiger partial charge in [-0.05, 0) is 12.0 Å². The lowest BCUT2D eigenvalue weighted by molar-refractivity contribution is -0.938. The van der Waals surface area contributed by atoms with Gasteiger partial charge in [-0.1, -0.05) is 44.2 Å². The van der Waals surface area contributed by atoms with Crippen LogP contribution in [0.3, 0.4) is 0 Å². The van der Waals surface area contributed by atoms with Gasteiger partial charge in [0.05, 0.1) is 25.6 Å². The fourth-order valence-electron chi connectivity index (χ4n) is 4.58. The summed E-state index contributed by atoms with van der Waals surface area (Å²) in [6.45, 7) is 9.34. The molecule has 2 atom stereocenters. The van der Waals surface area contributed by atoms with E-state index in [9.17, 15) is 4.79 Å². The summed E-state index contributed by atoms with van der Waals surface area (Å²) in [5.41, 5.74) is 1.13. The Morgan fingerprint density at radius 1 is 1.09 bits per heavy atom. The van der Waals surface area contributed by atoms with Gasteiger partial charge in [-0.15, -0.1) is 0 Å². The molecule has 3 heteroatoms. The van der Waals surface area contributed by atoms with Crippen LogP contribution >= 0.6 is 0 Å². The standard InChI is InChI=1S/C20H30N2O/c1-16-12-17(2)15-22(14-16)19-8-10-21(11-9-19)20(23)13-18-6-4-3-5-7-18/h3-7,16-17,19H,8-15H2,1-2H3/p+1/t16-,17-/m1/s1. The molecule has 2 aliphatic rings. The zero-order valence-electron chi connectivity index (χ0n) is 14.6. The van der Waals surface area contributed by atoms with E-state index in [2.05, 4.69) is 18.7 Å². The van der Waals surface area contributed by atoms with Crippen molar-refractivity contribution in [3.8, 4) is 0 Å². The van der Waals surface area contributed by atoms with E-state index in [1.165, 1.54) is 32.4 Å². The van der Waals surface area contributed by atoms with Gasteiger partial charge in [-0.2, -0.15) is 0 Å². The fourth-order valence-corrected chi connectivity index (χ4v) is 4.58. The van der Waals surface area contributed by atoms with Gasteiger partial charge in [0.25, 0.3) is 0 Å². The molecule has 1 N–H and O–H groups in total. The molecule has 2 fully saturated rings. The van der Waals surface area contributed by atoms with Gasteiger partial charge in [0.2, 0.25) is 5.91 Å². The first-order chi connectivity index (χ1) is 11.1. The number of rotatable bonds is 3. The second-order valence-corrected chi connectivity index (χ2v) is 7.83. The first kappa shape index (κ1) is 16.5. The Morgan fingerprint density at radius 3 is 2.30 bits per heavy atom. The normalized spacial score (nSPS) is 29.5. The van der Waals surface area contributed by atoms with E-state index in [1.54, 1.807) is 4.90 Å². The van der Waals surface area contributed by atoms with Crippen molar-refractivity contribution in [2.45, 2.75) is 45.6 Å². The number of carbonyl (C=O) groups excluding carboxylic acids is 1. The van der Waals surface area contributed by atoms with Crippen molar-refractivity contribution in [3.05, 3.63) is 35.9 Å². The van der Waals surface area contributed by atoms with E-state index < -0.39 is 0 Å². The van der Waals surface area contributed by atoms with Crippen LogP contribution in [0.1, 0.15) is 38.7 Å². The minimum absolute atomic E-state index is 0.296. The number of nitrogens with zero attached hydrogens (tertiary/aromatic N) is 1. The van der Waals surface area contributed by atoms with E-state index in [-0.39, 0.29) is 0 Å². The summed E-state index contributed by atoms with van der Waals surface area (Å²) >= 11 is 0. The molecule has 0 bridgehead atoms. The minimum atomic E-state index is 0.296. The largest absolute Gasteiger partial charge is 0.342 e. The van der Waals surface area contributed by atoms with Gasteiger partial charge in [-0.3, -0.25) is 4.79 Å².